The molecular weight excluding hydrogens is 848 g/mol. The minimum Gasteiger partial charge on any atom is -0.490 e. The van der Waals surface area contributed by atoms with Crippen molar-refractivity contribution in [3.8, 4) is 22.9 Å². The number of likely N-dealkylation sites (tertiary alicyclic amines) is 2. The highest BCUT2D eigenvalue weighted by Crippen LogP contribution is 2.52. The van der Waals surface area contributed by atoms with Gasteiger partial charge in [-0.3, -0.25) is 14.5 Å². The number of primary amides is 1. The molecule has 4 heterocycles. The van der Waals surface area contributed by atoms with Crippen LogP contribution >= 0.6 is 22.9 Å². The molecule has 338 valence electrons. The van der Waals surface area contributed by atoms with Gasteiger partial charge < -0.3 is 40.2 Å². The molecule has 0 radical (unpaired) electrons. The van der Waals surface area contributed by atoms with Gasteiger partial charge in [0.1, 0.15) is 58.7 Å². The van der Waals surface area contributed by atoms with Crippen molar-refractivity contribution in [1.29, 1.82) is 0 Å². The summed E-state index contributed by atoms with van der Waals surface area (Å²) in [4.78, 5) is 65.2. The van der Waals surface area contributed by atoms with Gasteiger partial charge >= 0.3 is 12.2 Å². The van der Waals surface area contributed by atoms with Crippen LogP contribution in [0.4, 0.5) is 23.5 Å². The van der Waals surface area contributed by atoms with Crippen LogP contribution in [0.25, 0.3) is 22.3 Å². The van der Waals surface area contributed by atoms with Gasteiger partial charge in [-0.15, -0.1) is 11.3 Å². The van der Waals surface area contributed by atoms with Gasteiger partial charge in [0.25, 0.3) is 5.92 Å². The zero-order chi connectivity index (χ0) is 45.1. The first-order valence-corrected chi connectivity index (χ1v) is 22.3. The zero-order valence-electron chi connectivity index (χ0n) is 36.3. The number of carbonyl (C=O) groups is 4. The van der Waals surface area contributed by atoms with Crippen molar-refractivity contribution < 1.29 is 46.9 Å². The van der Waals surface area contributed by atoms with E-state index in [1.807, 2.05) is 40.0 Å². The Hall–Kier alpha value is -4.71. The van der Waals surface area contributed by atoms with Crippen molar-refractivity contribution in [2.24, 2.45) is 23.0 Å². The number of thiazole rings is 1. The maximum atomic E-state index is 14.7. The number of halogens is 3. The van der Waals surface area contributed by atoms with Crippen LogP contribution in [-0.2, 0) is 19.1 Å². The Labute approximate surface area is 368 Å². The Morgan fingerprint density at radius 3 is 2.34 bits per heavy atom. The number of nitrogens with one attached hydrogen (secondary N) is 2. The molecular formula is C43H56ClF2N7O8S. The smallest absolute Gasteiger partial charge is 0.410 e. The standard InChI is InChI=1S/C43H56ClF2N7O8S/c1-21(2)48-38-50-29(19-62-38)28-15-32(27-9-10-31(33(44)34(27)49-28)58-18-24-16-43(45,46)20-53(24)40(57)61-42(6,7)8)59-26-14-30(36(47)54)52(17-26)37(55)35(41(3,4)5)51-39(56)60-25-12-22-11-23(22)13-25/h9-10,15,19,21-26,30,35H,11-14,16-18,20H2,1-8H3,(H2,47,54)(H,48,50)(H,51,56)/t22-,23+,24-,25+,26+,30-,35+/m0/s1. The third kappa shape index (κ3) is 10.4. The van der Waals surface area contributed by atoms with E-state index < -0.39 is 78.1 Å². The minimum absolute atomic E-state index is 0.0326. The topological polar surface area (TPSA) is 188 Å². The van der Waals surface area contributed by atoms with E-state index in [1.54, 1.807) is 39.0 Å². The summed E-state index contributed by atoms with van der Waals surface area (Å²) in [5, 5.41) is 9.05. The molecule has 4 amide bonds. The highest BCUT2D eigenvalue weighted by Gasteiger charge is 2.50. The molecule has 7 rings (SSSR count). The number of nitrogens with two attached hydrogens (primary N) is 1. The first-order chi connectivity index (χ1) is 28.9. The number of nitrogens with zero attached hydrogens (tertiary/aromatic N) is 4. The van der Waals surface area contributed by atoms with Crippen molar-refractivity contribution in [3.05, 3.63) is 28.6 Å². The Bertz CT molecular complexity index is 2200. The summed E-state index contributed by atoms with van der Waals surface area (Å²) in [6.45, 7) is 13.2. The first kappa shape index (κ1) is 45.3. The number of alkyl halides is 2. The lowest BCUT2D eigenvalue weighted by molar-refractivity contribution is -0.141. The quantitative estimate of drug-likeness (QED) is 0.162. The summed E-state index contributed by atoms with van der Waals surface area (Å²) in [5.74, 6) is -2.73. The number of alkyl carbamates (subject to hydrolysis) is 1. The van der Waals surface area contributed by atoms with Gasteiger partial charge in [-0.05, 0) is 83.3 Å². The van der Waals surface area contributed by atoms with Crippen LogP contribution in [0.15, 0.2) is 23.6 Å². The molecule has 3 aromatic rings. The van der Waals surface area contributed by atoms with Gasteiger partial charge in [-0.2, -0.15) is 0 Å². The summed E-state index contributed by atoms with van der Waals surface area (Å²) >= 11 is 8.40. The number of fused-ring (bicyclic) bond motifs is 2. The Morgan fingerprint density at radius 2 is 1.69 bits per heavy atom. The number of amides is 4. The van der Waals surface area contributed by atoms with Crippen molar-refractivity contribution >= 4 is 63.0 Å². The van der Waals surface area contributed by atoms with Crippen molar-refractivity contribution in [2.45, 2.75) is 135 Å². The van der Waals surface area contributed by atoms with E-state index in [0.717, 1.165) is 17.7 Å². The summed E-state index contributed by atoms with van der Waals surface area (Å²) in [5.41, 5.74) is 5.39. The summed E-state index contributed by atoms with van der Waals surface area (Å²) in [6, 6.07) is 1.93. The lowest BCUT2D eigenvalue weighted by atomic mass is 9.85. The number of hydrogen-bond acceptors (Lipinski definition) is 12. The number of ether oxygens (including phenoxy) is 4. The molecule has 2 aromatic heterocycles. The SMILES string of the molecule is CC(C)Nc1nc(-c2cc(O[C@@H]3C[C@@H](C(N)=O)N(C(=O)[C@@H](NC(=O)O[C@@H]4C[C@@H]5C[C@@H]5C4)C(C)(C)C)C3)c3ccc(OC[C@@H]4CC(F)(F)CN4C(=O)OC(C)(C)C)c(Cl)c3n2)cs1. The highest BCUT2D eigenvalue weighted by atomic mass is 35.5. The van der Waals surface area contributed by atoms with Crippen molar-refractivity contribution in [2.75, 3.05) is 25.0 Å². The number of rotatable bonds is 12. The van der Waals surface area contributed by atoms with Crippen LogP contribution < -0.4 is 25.8 Å². The fourth-order valence-electron chi connectivity index (χ4n) is 8.47. The molecule has 15 nitrogen and oxygen atoms in total. The summed E-state index contributed by atoms with van der Waals surface area (Å²) in [6.07, 6.45) is -0.239. The van der Waals surface area contributed by atoms with Crippen LogP contribution in [0.5, 0.6) is 11.5 Å². The van der Waals surface area contributed by atoms with Crippen LogP contribution in [0.1, 0.15) is 87.5 Å². The number of aromatic nitrogens is 2. The molecule has 0 unspecified atom stereocenters. The Balaban J connectivity index is 1.15. The van der Waals surface area contributed by atoms with E-state index in [-0.39, 0.29) is 48.0 Å². The van der Waals surface area contributed by atoms with Crippen molar-refractivity contribution in [1.82, 2.24) is 25.1 Å². The normalized spacial score (nSPS) is 24.8. The average molecular weight is 904 g/mol. The number of hydrogen-bond donors (Lipinski definition) is 3. The van der Waals surface area contributed by atoms with E-state index in [2.05, 4.69) is 10.6 Å². The second kappa shape index (κ2) is 17.1. The molecule has 19 heteroatoms. The second-order valence-corrected chi connectivity index (χ2v) is 20.6. The van der Waals surface area contributed by atoms with E-state index in [4.69, 9.17) is 46.3 Å². The van der Waals surface area contributed by atoms with Gasteiger partial charge in [0, 0.05) is 35.7 Å². The predicted molar refractivity (Wildman–Crippen MR) is 230 cm³/mol. The molecule has 0 spiro atoms. The number of pyridine rings is 1. The lowest BCUT2D eigenvalue weighted by Crippen LogP contribution is -2.57. The Morgan fingerprint density at radius 1 is 0.984 bits per heavy atom. The average Bonchev–Trinajstić information content (AvgIpc) is 3.57. The summed E-state index contributed by atoms with van der Waals surface area (Å²) < 4.78 is 53.1. The molecule has 4 fully saturated rings. The van der Waals surface area contributed by atoms with Gasteiger partial charge in [0.15, 0.2) is 5.13 Å². The molecule has 2 saturated carbocycles. The van der Waals surface area contributed by atoms with Crippen LogP contribution in [0.2, 0.25) is 5.02 Å². The van der Waals surface area contributed by atoms with E-state index >= 15 is 0 Å². The molecule has 4 aliphatic rings. The fourth-order valence-corrected chi connectivity index (χ4v) is 9.58. The maximum absolute atomic E-state index is 14.7. The van der Waals surface area contributed by atoms with Gasteiger partial charge in [0.2, 0.25) is 11.8 Å². The van der Waals surface area contributed by atoms with Crippen molar-refractivity contribution in [3.63, 3.8) is 0 Å². The molecule has 2 aliphatic heterocycles. The third-order valence-corrected chi connectivity index (χ3v) is 12.6. The van der Waals surface area contributed by atoms with Gasteiger partial charge in [-0.1, -0.05) is 32.4 Å². The second-order valence-electron chi connectivity index (χ2n) is 19.3. The first-order valence-electron chi connectivity index (χ1n) is 21.0. The third-order valence-electron chi connectivity index (χ3n) is 11.5. The highest BCUT2D eigenvalue weighted by molar-refractivity contribution is 7.14. The van der Waals surface area contributed by atoms with Gasteiger partial charge in [-0.25, -0.2) is 28.3 Å². The van der Waals surface area contributed by atoms with E-state index in [1.165, 1.54) is 22.7 Å². The molecule has 2 saturated heterocycles. The largest absolute Gasteiger partial charge is 0.490 e. The van der Waals surface area contributed by atoms with Crippen LogP contribution in [-0.4, -0.2) is 111 Å². The number of anilines is 1. The molecule has 0 bridgehead atoms. The number of carbonyl (C=O) groups excluding carboxylic acids is 4. The predicted octanol–water partition coefficient (Wildman–Crippen LogP) is 7.63. The minimum atomic E-state index is -3.14. The van der Waals surface area contributed by atoms with Crippen LogP contribution in [0, 0.1) is 17.3 Å². The maximum Gasteiger partial charge on any atom is 0.410 e. The summed E-state index contributed by atoms with van der Waals surface area (Å²) in [7, 11) is 0. The monoisotopic (exact) mass is 903 g/mol. The Kier molecular flexibility index (Phi) is 12.5. The van der Waals surface area contributed by atoms with E-state index in [9.17, 15) is 28.0 Å². The lowest BCUT2D eigenvalue weighted by Gasteiger charge is -2.35. The zero-order valence-corrected chi connectivity index (χ0v) is 37.8. The number of benzene rings is 1. The molecule has 62 heavy (non-hydrogen) atoms. The molecule has 4 N–H and O–H groups in total. The molecule has 2 aliphatic carbocycles. The molecule has 7 atom stereocenters. The fraction of sp³-hybridized carbons (Fsp3) is 0.628. The van der Waals surface area contributed by atoms with Crippen LogP contribution in [0.3, 0.4) is 0 Å². The van der Waals surface area contributed by atoms with Gasteiger partial charge in [0.05, 0.1) is 30.3 Å². The molecule has 1 aromatic carbocycles. The van der Waals surface area contributed by atoms with E-state index in [0.29, 0.717) is 39.5 Å².